The Balaban J connectivity index is 1.38. The summed E-state index contributed by atoms with van der Waals surface area (Å²) in [5.74, 6) is -0.620. The largest absolute Gasteiger partial charge is 0.481 e. The van der Waals surface area contributed by atoms with E-state index < -0.39 is 41.6 Å². The van der Waals surface area contributed by atoms with Crippen LogP contribution in [0, 0.1) is 39.9 Å². The summed E-state index contributed by atoms with van der Waals surface area (Å²) in [7, 11) is 0. The summed E-state index contributed by atoms with van der Waals surface area (Å²) >= 11 is 0. The first kappa shape index (κ1) is 23.7. The Hall–Kier alpha value is -1.67. The van der Waals surface area contributed by atoms with Gasteiger partial charge >= 0.3 is 17.9 Å². The standard InChI is InChI=1S/C27H38O8/c1-14(28)32-19-12-16-15(21-34-23-27(19,35-21)13-20(29)33-23)6-7-17-24(16,2)11-8-18-25(17,3)9-5-10-26(18,4)22(30)31/h15-19,21,23H,5-13H2,1-4H3,(H,30,31)/t15-,16+,17?,18?,19+,21+,23+,24-,25+,26-,27-/m0/s1. The number of ether oxygens (including phenoxy) is 4. The number of hydrogen-bond acceptors (Lipinski definition) is 7. The topological polar surface area (TPSA) is 108 Å². The van der Waals surface area contributed by atoms with Crippen LogP contribution in [0.3, 0.4) is 0 Å². The zero-order valence-electron chi connectivity index (χ0n) is 21.2. The highest BCUT2D eigenvalue weighted by Crippen LogP contribution is 2.71. The lowest BCUT2D eigenvalue weighted by Crippen LogP contribution is -2.62. The lowest BCUT2D eigenvalue weighted by Gasteiger charge is -2.66. The molecule has 3 saturated carbocycles. The first-order chi connectivity index (χ1) is 16.4. The average Bonchev–Trinajstić information content (AvgIpc) is 3.21. The molecule has 8 heteroatoms. The third-order valence-corrected chi connectivity index (χ3v) is 11.5. The summed E-state index contributed by atoms with van der Waals surface area (Å²) in [6.45, 7) is 8.08. The fourth-order valence-electron chi connectivity index (χ4n) is 10.0. The second kappa shape index (κ2) is 7.44. The summed E-state index contributed by atoms with van der Waals surface area (Å²) in [6, 6.07) is 0. The maximum Gasteiger partial charge on any atom is 0.311 e. The van der Waals surface area contributed by atoms with Gasteiger partial charge in [-0.25, -0.2) is 0 Å². The average molecular weight is 491 g/mol. The van der Waals surface area contributed by atoms with Gasteiger partial charge in [0.05, 0.1) is 11.8 Å². The van der Waals surface area contributed by atoms with E-state index in [1.807, 2.05) is 6.92 Å². The third kappa shape index (κ3) is 3.01. The van der Waals surface area contributed by atoms with Crippen molar-refractivity contribution in [2.75, 3.05) is 0 Å². The molecule has 8 nitrogen and oxygen atoms in total. The molecule has 3 aliphatic heterocycles. The number of aliphatic carboxylic acids is 1. The fraction of sp³-hybridized carbons (Fsp3) is 0.889. The molecule has 6 fully saturated rings. The molecule has 11 atom stereocenters. The number of fused-ring (bicyclic) bond motifs is 7. The number of hydrogen-bond donors (Lipinski definition) is 1. The molecule has 2 unspecified atom stereocenters. The van der Waals surface area contributed by atoms with Crippen molar-refractivity contribution >= 4 is 17.9 Å². The van der Waals surface area contributed by atoms with Gasteiger partial charge in [-0.2, -0.15) is 0 Å². The summed E-state index contributed by atoms with van der Waals surface area (Å²) in [5, 5.41) is 10.2. The van der Waals surface area contributed by atoms with E-state index in [4.69, 9.17) is 18.9 Å². The molecule has 35 heavy (non-hydrogen) atoms. The van der Waals surface area contributed by atoms with Gasteiger partial charge in [-0.05, 0) is 80.5 Å². The summed E-state index contributed by atoms with van der Waals surface area (Å²) in [5.41, 5.74) is -1.88. The van der Waals surface area contributed by atoms with Crippen LogP contribution in [-0.2, 0) is 33.3 Å². The monoisotopic (exact) mass is 490 g/mol. The first-order valence-corrected chi connectivity index (χ1v) is 13.4. The van der Waals surface area contributed by atoms with E-state index in [9.17, 15) is 19.5 Å². The Morgan fingerprint density at radius 1 is 1.03 bits per heavy atom. The lowest BCUT2D eigenvalue weighted by atomic mass is 9.38. The highest BCUT2D eigenvalue weighted by atomic mass is 16.8. The van der Waals surface area contributed by atoms with E-state index in [1.165, 1.54) is 6.92 Å². The summed E-state index contributed by atoms with van der Waals surface area (Å²) < 4.78 is 24.0. The van der Waals surface area contributed by atoms with Gasteiger partial charge in [0, 0.05) is 12.8 Å². The SMILES string of the molecule is CC(=O)O[C@@H]1C[C@@H]2[C@H](CCC3[C@@]4(C)CCC[C@](C)(C(=O)O)C4CC[C@]32C)[C@@H]2O[C@H]3OC(=O)C[C@@]31O2. The number of carbonyl (C=O) groups is 3. The van der Waals surface area contributed by atoms with Crippen molar-refractivity contribution in [3.05, 3.63) is 0 Å². The number of carboxylic acids is 1. The van der Waals surface area contributed by atoms with Gasteiger partial charge in [-0.1, -0.05) is 20.3 Å². The van der Waals surface area contributed by atoms with Crippen molar-refractivity contribution in [1.29, 1.82) is 0 Å². The minimum atomic E-state index is -1.08. The highest BCUT2D eigenvalue weighted by molar-refractivity contribution is 5.75. The van der Waals surface area contributed by atoms with Crippen LogP contribution in [0.25, 0.3) is 0 Å². The van der Waals surface area contributed by atoms with Crippen LogP contribution in [-0.4, -0.2) is 47.3 Å². The zero-order chi connectivity index (χ0) is 25.0. The van der Waals surface area contributed by atoms with Crippen LogP contribution in [0.5, 0.6) is 0 Å². The Labute approximate surface area is 206 Å². The van der Waals surface area contributed by atoms with Crippen molar-refractivity contribution in [2.45, 2.75) is 110 Å². The molecule has 3 heterocycles. The van der Waals surface area contributed by atoms with Gasteiger partial charge in [-0.15, -0.1) is 0 Å². The van der Waals surface area contributed by atoms with Crippen molar-refractivity contribution in [3.63, 3.8) is 0 Å². The fourth-order valence-corrected chi connectivity index (χ4v) is 10.0. The van der Waals surface area contributed by atoms with Gasteiger partial charge in [0.2, 0.25) is 6.29 Å². The molecular formula is C27H38O8. The predicted octanol–water partition coefficient (Wildman–Crippen LogP) is 4.05. The number of carbonyl (C=O) groups excluding carboxylic acids is 2. The lowest BCUT2D eigenvalue weighted by molar-refractivity contribution is -0.225. The molecule has 2 bridgehead atoms. The minimum Gasteiger partial charge on any atom is -0.481 e. The van der Waals surface area contributed by atoms with Crippen LogP contribution >= 0.6 is 0 Å². The molecule has 0 aromatic carbocycles. The Morgan fingerprint density at radius 3 is 2.51 bits per heavy atom. The van der Waals surface area contributed by atoms with Gasteiger partial charge in [0.1, 0.15) is 6.10 Å². The maximum absolute atomic E-state index is 12.4. The molecule has 6 aliphatic rings. The van der Waals surface area contributed by atoms with Gasteiger partial charge < -0.3 is 24.1 Å². The molecule has 194 valence electrons. The first-order valence-electron chi connectivity index (χ1n) is 13.4. The molecular weight excluding hydrogens is 452 g/mol. The molecule has 0 radical (unpaired) electrons. The second-order valence-corrected chi connectivity index (χ2v) is 13.0. The quantitative estimate of drug-likeness (QED) is 0.578. The summed E-state index contributed by atoms with van der Waals surface area (Å²) in [4.78, 5) is 36.8. The van der Waals surface area contributed by atoms with E-state index in [-0.39, 0.29) is 41.0 Å². The summed E-state index contributed by atoms with van der Waals surface area (Å²) in [6.07, 6.45) is 5.16. The minimum absolute atomic E-state index is 0.0302. The van der Waals surface area contributed by atoms with Crippen molar-refractivity contribution in [3.8, 4) is 0 Å². The van der Waals surface area contributed by atoms with Crippen molar-refractivity contribution < 1.29 is 38.4 Å². The normalized spacial score (nSPS) is 54.4. The Morgan fingerprint density at radius 2 is 1.80 bits per heavy atom. The van der Waals surface area contributed by atoms with Crippen LogP contribution in [0.4, 0.5) is 0 Å². The predicted molar refractivity (Wildman–Crippen MR) is 122 cm³/mol. The molecule has 0 aromatic rings. The molecule has 0 amide bonds. The molecule has 3 saturated heterocycles. The van der Waals surface area contributed by atoms with E-state index in [2.05, 4.69) is 13.8 Å². The van der Waals surface area contributed by atoms with Gasteiger partial charge in [0.15, 0.2) is 11.9 Å². The van der Waals surface area contributed by atoms with Crippen LogP contribution < -0.4 is 0 Å². The van der Waals surface area contributed by atoms with E-state index >= 15 is 0 Å². The van der Waals surface area contributed by atoms with Gasteiger partial charge in [-0.3, -0.25) is 14.4 Å². The molecule has 3 aliphatic carbocycles. The zero-order valence-corrected chi connectivity index (χ0v) is 21.2. The highest BCUT2D eigenvalue weighted by Gasteiger charge is 2.71. The van der Waals surface area contributed by atoms with Crippen LogP contribution in [0.1, 0.15) is 85.5 Å². The van der Waals surface area contributed by atoms with Crippen LogP contribution in [0.15, 0.2) is 0 Å². The Bertz CT molecular complexity index is 965. The molecule has 1 N–H and O–H groups in total. The van der Waals surface area contributed by atoms with E-state index in [0.717, 1.165) is 44.9 Å². The number of rotatable bonds is 2. The van der Waals surface area contributed by atoms with Gasteiger partial charge in [0.25, 0.3) is 0 Å². The maximum atomic E-state index is 12.4. The van der Waals surface area contributed by atoms with Crippen molar-refractivity contribution in [1.82, 2.24) is 0 Å². The molecule has 6 rings (SSSR count). The number of esters is 2. The Kier molecular flexibility index (Phi) is 5.04. The second-order valence-electron chi connectivity index (χ2n) is 13.0. The number of carboxylic acid groups (broad SMARTS) is 1. The molecule has 0 aromatic heterocycles. The van der Waals surface area contributed by atoms with E-state index in [0.29, 0.717) is 12.3 Å². The molecule has 1 spiro atoms. The van der Waals surface area contributed by atoms with Crippen molar-refractivity contribution in [2.24, 2.45) is 39.9 Å². The van der Waals surface area contributed by atoms with E-state index in [1.54, 1.807) is 0 Å². The smallest absolute Gasteiger partial charge is 0.311 e. The van der Waals surface area contributed by atoms with Crippen LogP contribution in [0.2, 0.25) is 0 Å². The third-order valence-electron chi connectivity index (χ3n) is 11.5.